The highest BCUT2D eigenvalue weighted by atomic mass is 16.2. The summed E-state index contributed by atoms with van der Waals surface area (Å²) >= 11 is 0. The number of rotatable bonds is 2. The Bertz CT molecular complexity index is 975. The molecule has 1 saturated heterocycles. The lowest BCUT2D eigenvalue weighted by Gasteiger charge is -2.32. The topological polar surface area (TPSA) is 71.0 Å². The van der Waals surface area contributed by atoms with Crippen molar-refractivity contribution >= 4 is 16.8 Å². The first-order chi connectivity index (χ1) is 12.1. The zero-order valence-electron chi connectivity index (χ0n) is 14.1. The van der Waals surface area contributed by atoms with Crippen LogP contribution in [0.1, 0.15) is 34.8 Å². The quantitative estimate of drug-likeness (QED) is 0.780. The van der Waals surface area contributed by atoms with E-state index in [4.69, 9.17) is 0 Å². The van der Waals surface area contributed by atoms with Gasteiger partial charge < -0.3 is 9.47 Å². The van der Waals surface area contributed by atoms with E-state index in [1.807, 2.05) is 30.3 Å². The lowest BCUT2D eigenvalue weighted by atomic mass is 9.94. The SMILES string of the molecule is Cn1c(=O)c(C(=O)N2CCC[C@H](c3ccn[nH]3)C2)cc2ccccc21. The number of nitrogens with one attached hydrogen (secondary N) is 1. The molecule has 1 amide bonds. The Morgan fingerprint density at radius 1 is 1.28 bits per heavy atom. The van der Waals surface area contributed by atoms with E-state index >= 15 is 0 Å². The number of amides is 1. The van der Waals surface area contributed by atoms with Crippen molar-refractivity contribution < 1.29 is 4.79 Å². The second-order valence-corrected chi connectivity index (χ2v) is 6.58. The molecule has 6 heteroatoms. The van der Waals surface area contributed by atoms with Crippen LogP contribution in [0.15, 0.2) is 47.4 Å². The maximum Gasteiger partial charge on any atom is 0.263 e. The first-order valence-electron chi connectivity index (χ1n) is 8.52. The molecule has 3 aromatic rings. The van der Waals surface area contributed by atoms with Gasteiger partial charge in [-0.1, -0.05) is 18.2 Å². The molecule has 0 radical (unpaired) electrons. The average molecular weight is 336 g/mol. The summed E-state index contributed by atoms with van der Waals surface area (Å²) in [5.74, 6) is 0.0556. The van der Waals surface area contributed by atoms with Crippen molar-refractivity contribution in [2.24, 2.45) is 7.05 Å². The van der Waals surface area contributed by atoms with Gasteiger partial charge in [0.25, 0.3) is 11.5 Å². The number of carbonyl (C=O) groups excluding carboxylic acids is 1. The largest absolute Gasteiger partial charge is 0.338 e. The first kappa shape index (κ1) is 15.6. The van der Waals surface area contributed by atoms with E-state index in [0.29, 0.717) is 13.1 Å². The van der Waals surface area contributed by atoms with E-state index in [-0.39, 0.29) is 22.9 Å². The van der Waals surface area contributed by atoms with Crippen LogP contribution < -0.4 is 5.56 Å². The molecular formula is C19H20N4O2. The Morgan fingerprint density at radius 2 is 2.12 bits per heavy atom. The van der Waals surface area contributed by atoms with Crippen LogP contribution in [-0.4, -0.2) is 38.7 Å². The van der Waals surface area contributed by atoms with Gasteiger partial charge in [0.15, 0.2) is 0 Å². The normalized spacial score (nSPS) is 17.8. The van der Waals surface area contributed by atoms with Crippen molar-refractivity contribution in [2.75, 3.05) is 13.1 Å². The molecule has 6 nitrogen and oxygen atoms in total. The van der Waals surface area contributed by atoms with Gasteiger partial charge in [0.1, 0.15) is 5.56 Å². The monoisotopic (exact) mass is 336 g/mol. The highest BCUT2D eigenvalue weighted by Crippen LogP contribution is 2.26. The van der Waals surface area contributed by atoms with E-state index in [9.17, 15) is 9.59 Å². The molecule has 128 valence electrons. The Hall–Kier alpha value is -2.89. The van der Waals surface area contributed by atoms with Crippen LogP contribution in [0.3, 0.4) is 0 Å². The number of nitrogens with zero attached hydrogens (tertiary/aromatic N) is 3. The predicted octanol–water partition coefficient (Wildman–Crippen LogP) is 2.28. The number of piperidine rings is 1. The summed E-state index contributed by atoms with van der Waals surface area (Å²) in [5.41, 5.74) is 1.88. The number of hydrogen-bond donors (Lipinski definition) is 1. The standard InChI is InChI=1S/C19H20N4O2/c1-22-17-7-3-2-5-13(17)11-15(18(22)24)19(25)23-10-4-6-14(12-23)16-8-9-20-21-16/h2-3,5,7-9,11,14H,4,6,10,12H2,1H3,(H,20,21)/t14-/m0/s1. The van der Waals surface area contributed by atoms with Crippen LogP contribution in [0, 0.1) is 0 Å². The number of aryl methyl sites for hydroxylation is 1. The lowest BCUT2D eigenvalue weighted by Crippen LogP contribution is -2.42. The number of aromatic amines is 1. The van der Waals surface area contributed by atoms with E-state index in [0.717, 1.165) is 29.4 Å². The molecule has 0 bridgehead atoms. The smallest absolute Gasteiger partial charge is 0.263 e. The molecule has 4 rings (SSSR count). The zero-order chi connectivity index (χ0) is 17.4. The fraction of sp³-hybridized carbons (Fsp3) is 0.316. The summed E-state index contributed by atoms with van der Waals surface area (Å²) in [5, 5.41) is 7.90. The molecule has 2 aromatic heterocycles. The number of aromatic nitrogens is 3. The van der Waals surface area contributed by atoms with Crippen LogP contribution in [0.5, 0.6) is 0 Å². The third kappa shape index (κ3) is 2.73. The van der Waals surface area contributed by atoms with Crippen LogP contribution in [0.25, 0.3) is 10.9 Å². The van der Waals surface area contributed by atoms with Gasteiger partial charge in [-0.2, -0.15) is 5.10 Å². The molecule has 0 saturated carbocycles. The molecule has 1 aliphatic rings. The van der Waals surface area contributed by atoms with Gasteiger partial charge in [0.2, 0.25) is 0 Å². The summed E-state index contributed by atoms with van der Waals surface area (Å²) in [6, 6.07) is 11.3. The second kappa shape index (κ2) is 6.20. The highest BCUT2D eigenvalue weighted by molar-refractivity contribution is 5.97. The van der Waals surface area contributed by atoms with Crippen LogP contribution >= 0.6 is 0 Å². The Labute approximate surface area is 145 Å². The minimum atomic E-state index is -0.243. The van der Waals surface area contributed by atoms with Crippen molar-refractivity contribution in [1.82, 2.24) is 19.7 Å². The summed E-state index contributed by atoms with van der Waals surface area (Å²) in [6.07, 6.45) is 3.67. The van der Waals surface area contributed by atoms with Crippen molar-refractivity contribution in [1.29, 1.82) is 0 Å². The Balaban J connectivity index is 1.68. The summed E-state index contributed by atoms with van der Waals surface area (Å²) < 4.78 is 1.55. The van der Waals surface area contributed by atoms with E-state index in [1.165, 1.54) is 0 Å². The van der Waals surface area contributed by atoms with Crippen LogP contribution in [-0.2, 0) is 7.05 Å². The first-order valence-corrected chi connectivity index (χ1v) is 8.52. The second-order valence-electron chi connectivity index (χ2n) is 6.58. The van der Waals surface area contributed by atoms with Gasteiger partial charge in [-0.05, 0) is 36.4 Å². The molecule has 3 heterocycles. The summed E-state index contributed by atoms with van der Waals surface area (Å²) in [4.78, 5) is 27.5. The fourth-order valence-electron chi connectivity index (χ4n) is 3.66. The molecule has 0 unspecified atom stereocenters. The Morgan fingerprint density at radius 3 is 2.92 bits per heavy atom. The van der Waals surface area contributed by atoms with Gasteiger partial charge in [-0.25, -0.2) is 0 Å². The van der Waals surface area contributed by atoms with Gasteiger partial charge >= 0.3 is 0 Å². The van der Waals surface area contributed by atoms with E-state index in [2.05, 4.69) is 10.2 Å². The number of H-pyrrole nitrogens is 1. The summed E-state index contributed by atoms with van der Waals surface area (Å²) in [7, 11) is 1.71. The molecule has 0 spiro atoms. The number of likely N-dealkylation sites (tertiary alicyclic amines) is 1. The van der Waals surface area contributed by atoms with Gasteiger partial charge in [-0.3, -0.25) is 14.7 Å². The van der Waals surface area contributed by atoms with E-state index in [1.54, 1.807) is 28.8 Å². The predicted molar refractivity (Wildman–Crippen MR) is 95.7 cm³/mol. The maximum atomic E-state index is 13.0. The molecule has 0 aliphatic carbocycles. The van der Waals surface area contributed by atoms with Crippen LogP contribution in [0.4, 0.5) is 0 Å². The number of fused-ring (bicyclic) bond motifs is 1. The zero-order valence-corrected chi connectivity index (χ0v) is 14.1. The molecule has 1 N–H and O–H groups in total. The minimum Gasteiger partial charge on any atom is -0.338 e. The number of para-hydroxylation sites is 1. The third-order valence-corrected chi connectivity index (χ3v) is 5.03. The summed E-state index contributed by atoms with van der Waals surface area (Å²) in [6.45, 7) is 1.29. The lowest BCUT2D eigenvalue weighted by molar-refractivity contribution is 0.0703. The van der Waals surface area contributed by atoms with Crippen molar-refractivity contribution in [3.63, 3.8) is 0 Å². The molecule has 1 aromatic carbocycles. The maximum absolute atomic E-state index is 13.0. The van der Waals surface area contributed by atoms with E-state index < -0.39 is 0 Å². The fourth-order valence-corrected chi connectivity index (χ4v) is 3.66. The Kier molecular flexibility index (Phi) is 3.87. The van der Waals surface area contributed by atoms with Gasteiger partial charge in [-0.15, -0.1) is 0 Å². The highest BCUT2D eigenvalue weighted by Gasteiger charge is 2.28. The van der Waals surface area contributed by atoms with Crippen molar-refractivity contribution in [3.05, 3.63) is 64.2 Å². The number of carbonyl (C=O) groups is 1. The third-order valence-electron chi connectivity index (χ3n) is 5.03. The number of benzene rings is 1. The molecule has 1 aliphatic heterocycles. The average Bonchev–Trinajstić information content (AvgIpc) is 3.19. The van der Waals surface area contributed by atoms with Gasteiger partial charge in [0, 0.05) is 37.9 Å². The molecule has 1 fully saturated rings. The number of pyridine rings is 1. The number of hydrogen-bond acceptors (Lipinski definition) is 3. The van der Waals surface area contributed by atoms with Gasteiger partial charge in [0.05, 0.1) is 5.52 Å². The molecule has 1 atom stereocenters. The van der Waals surface area contributed by atoms with Crippen molar-refractivity contribution in [3.8, 4) is 0 Å². The minimum absolute atomic E-state index is 0.185. The van der Waals surface area contributed by atoms with Crippen LogP contribution in [0.2, 0.25) is 0 Å². The van der Waals surface area contributed by atoms with Crippen molar-refractivity contribution in [2.45, 2.75) is 18.8 Å². The molecule has 25 heavy (non-hydrogen) atoms. The molecular weight excluding hydrogens is 316 g/mol.